The molecule has 0 radical (unpaired) electrons. The number of hydrogen-bond donors (Lipinski definition) is 1. The van der Waals surface area contributed by atoms with E-state index in [4.69, 9.17) is 23.8 Å². The lowest BCUT2D eigenvalue weighted by Gasteiger charge is -2.08. The molecule has 0 amide bonds. The number of fused-ring (bicyclic) bond motifs is 1. The van der Waals surface area contributed by atoms with Gasteiger partial charge in [-0.25, -0.2) is 13.2 Å². The molecule has 0 unspecified atom stereocenters. The number of nitrogens with zero attached hydrogens (tertiary/aromatic N) is 1. The van der Waals surface area contributed by atoms with Crippen LogP contribution in [-0.2, 0) is 0 Å². The summed E-state index contributed by atoms with van der Waals surface area (Å²) in [7, 11) is 0. The fourth-order valence-electron chi connectivity index (χ4n) is 2.07. The fourth-order valence-corrected chi connectivity index (χ4v) is 2.94. The van der Waals surface area contributed by atoms with Crippen LogP contribution in [0.15, 0.2) is 28.7 Å². The molecule has 0 saturated heterocycles. The van der Waals surface area contributed by atoms with Gasteiger partial charge in [0, 0.05) is 10.5 Å². The van der Waals surface area contributed by atoms with Gasteiger partial charge in [0.05, 0.1) is 16.1 Å². The third-order valence-corrected chi connectivity index (χ3v) is 3.96. The summed E-state index contributed by atoms with van der Waals surface area (Å²) in [5, 5.41) is -0.109. The van der Waals surface area contributed by atoms with Gasteiger partial charge in [-0.2, -0.15) is 0 Å². The van der Waals surface area contributed by atoms with Crippen molar-refractivity contribution >= 4 is 50.8 Å². The molecule has 21 heavy (non-hydrogen) atoms. The summed E-state index contributed by atoms with van der Waals surface area (Å²) in [4.78, 5) is 2.74. The minimum absolute atomic E-state index is 0.0341. The van der Waals surface area contributed by atoms with Crippen molar-refractivity contribution in [3.8, 4) is 5.69 Å². The lowest BCUT2D eigenvalue weighted by molar-refractivity contribution is 0.568. The molecule has 2 nitrogen and oxygen atoms in total. The summed E-state index contributed by atoms with van der Waals surface area (Å²) in [5.74, 6) is -2.35. The number of rotatable bonds is 1. The first-order valence-corrected chi connectivity index (χ1v) is 7.21. The van der Waals surface area contributed by atoms with Crippen LogP contribution in [0.2, 0.25) is 5.02 Å². The van der Waals surface area contributed by atoms with Crippen molar-refractivity contribution in [1.82, 2.24) is 9.55 Å². The zero-order valence-corrected chi connectivity index (χ0v) is 13.2. The van der Waals surface area contributed by atoms with E-state index in [2.05, 4.69) is 20.9 Å². The Morgan fingerprint density at radius 3 is 2.29 bits per heavy atom. The van der Waals surface area contributed by atoms with Crippen molar-refractivity contribution in [3.05, 3.63) is 56.0 Å². The van der Waals surface area contributed by atoms with E-state index >= 15 is 0 Å². The largest absolute Gasteiger partial charge is 0.330 e. The molecule has 0 aliphatic rings. The number of imidazole rings is 1. The van der Waals surface area contributed by atoms with Crippen LogP contribution in [-0.4, -0.2) is 9.55 Å². The van der Waals surface area contributed by atoms with Gasteiger partial charge < -0.3 is 4.98 Å². The van der Waals surface area contributed by atoms with Gasteiger partial charge in [0.2, 0.25) is 0 Å². The average Bonchev–Trinajstić information content (AvgIpc) is 2.66. The zero-order valence-electron chi connectivity index (χ0n) is 10.1. The topological polar surface area (TPSA) is 20.7 Å². The van der Waals surface area contributed by atoms with Crippen LogP contribution >= 0.6 is 39.7 Å². The van der Waals surface area contributed by atoms with Crippen LogP contribution in [0.1, 0.15) is 0 Å². The van der Waals surface area contributed by atoms with Crippen LogP contribution in [0.4, 0.5) is 13.2 Å². The molecule has 0 spiro atoms. The molecule has 108 valence electrons. The van der Waals surface area contributed by atoms with E-state index < -0.39 is 17.5 Å². The first kappa shape index (κ1) is 14.6. The quantitative estimate of drug-likeness (QED) is 0.540. The number of aromatic amines is 1. The fraction of sp³-hybridized carbons (Fsp3) is 0. The van der Waals surface area contributed by atoms with Crippen molar-refractivity contribution in [1.29, 1.82) is 0 Å². The summed E-state index contributed by atoms with van der Waals surface area (Å²) < 4.78 is 43.2. The molecule has 3 rings (SSSR count). The van der Waals surface area contributed by atoms with Gasteiger partial charge in [0.15, 0.2) is 16.4 Å². The highest BCUT2D eigenvalue weighted by Crippen LogP contribution is 2.29. The van der Waals surface area contributed by atoms with Crippen LogP contribution in [0, 0.1) is 22.2 Å². The Hall–Kier alpha value is -1.31. The summed E-state index contributed by atoms with van der Waals surface area (Å²) in [6, 6.07) is 4.59. The normalized spacial score (nSPS) is 11.3. The van der Waals surface area contributed by atoms with Gasteiger partial charge in [0.1, 0.15) is 11.5 Å². The smallest absolute Gasteiger partial charge is 0.182 e. The van der Waals surface area contributed by atoms with Crippen molar-refractivity contribution in [3.63, 3.8) is 0 Å². The van der Waals surface area contributed by atoms with Gasteiger partial charge >= 0.3 is 0 Å². The lowest BCUT2D eigenvalue weighted by Crippen LogP contribution is -2.02. The second-order valence-electron chi connectivity index (χ2n) is 4.27. The highest BCUT2D eigenvalue weighted by Gasteiger charge is 2.18. The minimum atomic E-state index is -0.825. The molecule has 0 fully saturated rings. The number of hydrogen-bond acceptors (Lipinski definition) is 1. The summed E-state index contributed by atoms with van der Waals surface area (Å²) in [6.45, 7) is 0. The lowest BCUT2D eigenvalue weighted by atomic mass is 10.2. The van der Waals surface area contributed by atoms with Crippen molar-refractivity contribution in [2.24, 2.45) is 0 Å². The molecule has 0 aliphatic carbocycles. The van der Waals surface area contributed by atoms with E-state index in [1.54, 1.807) is 0 Å². The molecule has 8 heteroatoms. The summed E-state index contributed by atoms with van der Waals surface area (Å²) in [5.41, 5.74) is 0.200. The third kappa shape index (κ3) is 2.39. The maximum atomic E-state index is 14.1. The predicted octanol–water partition coefficient (Wildman–Crippen LogP) is 5.52. The van der Waals surface area contributed by atoms with Gasteiger partial charge in [-0.15, -0.1) is 0 Å². The number of benzene rings is 2. The predicted molar refractivity (Wildman–Crippen MR) is 81.0 cm³/mol. The second-order valence-corrected chi connectivity index (χ2v) is 5.98. The van der Waals surface area contributed by atoms with E-state index in [-0.39, 0.29) is 25.5 Å². The van der Waals surface area contributed by atoms with E-state index in [0.29, 0.717) is 5.52 Å². The molecule has 1 N–H and O–H groups in total. The van der Waals surface area contributed by atoms with Crippen LogP contribution in [0.5, 0.6) is 0 Å². The highest BCUT2D eigenvalue weighted by atomic mass is 79.9. The first-order valence-electron chi connectivity index (χ1n) is 5.63. The maximum Gasteiger partial charge on any atom is 0.182 e. The molecule has 1 aromatic heterocycles. The van der Waals surface area contributed by atoms with E-state index in [9.17, 15) is 13.2 Å². The van der Waals surface area contributed by atoms with E-state index in [1.165, 1.54) is 6.07 Å². The Labute approximate surface area is 135 Å². The van der Waals surface area contributed by atoms with Crippen molar-refractivity contribution in [2.45, 2.75) is 0 Å². The molecular formula is C13H5BrClF3N2S. The number of halogens is 5. The van der Waals surface area contributed by atoms with Crippen molar-refractivity contribution in [2.75, 3.05) is 0 Å². The Morgan fingerprint density at radius 2 is 1.67 bits per heavy atom. The highest BCUT2D eigenvalue weighted by molar-refractivity contribution is 9.10. The Balaban J connectivity index is 2.44. The zero-order chi connectivity index (χ0) is 15.3. The molecule has 1 heterocycles. The molecular weight excluding hydrogens is 389 g/mol. The summed E-state index contributed by atoms with van der Waals surface area (Å²) >= 11 is 13.8. The SMILES string of the molecule is Fc1cc2c(cc1Cl)[nH]c(=S)n2-c1c(F)cc(Br)cc1F. The average molecular weight is 394 g/mol. The Morgan fingerprint density at radius 1 is 1.05 bits per heavy atom. The van der Waals surface area contributed by atoms with Crippen molar-refractivity contribution < 1.29 is 13.2 Å². The molecule has 0 bridgehead atoms. The van der Waals surface area contributed by atoms with Gasteiger partial charge in [-0.05, 0) is 30.4 Å². The number of H-pyrrole nitrogens is 1. The molecule has 3 aromatic rings. The molecule has 0 atom stereocenters. The Bertz CT molecular complexity index is 912. The minimum Gasteiger partial charge on any atom is -0.330 e. The van der Waals surface area contributed by atoms with Crippen LogP contribution < -0.4 is 0 Å². The number of aromatic nitrogens is 2. The van der Waals surface area contributed by atoms with Crippen LogP contribution in [0.3, 0.4) is 0 Å². The van der Waals surface area contributed by atoms with Crippen LogP contribution in [0.25, 0.3) is 16.7 Å². The number of nitrogens with one attached hydrogen (secondary N) is 1. The molecule has 2 aromatic carbocycles. The van der Waals surface area contributed by atoms with E-state index in [1.807, 2.05) is 0 Å². The Kier molecular flexibility index (Phi) is 3.59. The third-order valence-electron chi connectivity index (χ3n) is 2.93. The molecule has 0 saturated carbocycles. The molecule has 0 aliphatic heterocycles. The second kappa shape index (κ2) is 5.15. The standard InChI is InChI=1S/C13H5BrClF3N2S/c14-5-1-8(17)12(9(18)2-5)20-11-4-7(16)6(15)3-10(11)19-13(20)21/h1-4H,(H,19,21). The van der Waals surface area contributed by atoms with E-state index in [0.717, 1.165) is 22.8 Å². The van der Waals surface area contributed by atoms with Gasteiger partial charge in [-0.1, -0.05) is 27.5 Å². The van der Waals surface area contributed by atoms with Gasteiger partial charge in [-0.3, -0.25) is 4.57 Å². The first-order chi connectivity index (χ1) is 9.88. The summed E-state index contributed by atoms with van der Waals surface area (Å²) in [6.07, 6.45) is 0. The maximum absolute atomic E-state index is 14.1. The van der Waals surface area contributed by atoms with Gasteiger partial charge in [0.25, 0.3) is 0 Å². The monoisotopic (exact) mass is 392 g/mol.